The zero-order chi connectivity index (χ0) is 12.3. The molecule has 0 aliphatic carbocycles. The van der Waals surface area contributed by atoms with Crippen LogP contribution >= 0.6 is 11.6 Å². The van der Waals surface area contributed by atoms with Crippen LogP contribution < -0.4 is 0 Å². The molecule has 4 heteroatoms. The predicted molar refractivity (Wildman–Crippen MR) is 64.3 cm³/mol. The van der Waals surface area contributed by atoms with Gasteiger partial charge in [0, 0.05) is 29.4 Å². The Hall–Kier alpha value is -1.45. The molecule has 1 heterocycles. The fourth-order valence-corrected chi connectivity index (χ4v) is 1.80. The predicted octanol–water partition coefficient (Wildman–Crippen LogP) is 3.15. The Labute approximate surface area is 104 Å². The van der Waals surface area contributed by atoms with E-state index in [0.717, 1.165) is 5.56 Å². The molecule has 0 aliphatic heterocycles. The van der Waals surface area contributed by atoms with Gasteiger partial charge in [-0.2, -0.15) is 0 Å². The molecule has 1 aromatic carbocycles. The third kappa shape index (κ3) is 3.02. The smallest absolute Gasteiger partial charge is 0.129 e. The summed E-state index contributed by atoms with van der Waals surface area (Å²) >= 11 is 5.78. The normalized spacial score (nSPS) is 12.4. The van der Waals surface area contributed by atoms with Crippen molar-refractivity contribution in [1.82, 2.24) is 4.98 Å². The molecule has 0 saturated carbocycles. The molecular formula is C13H11ClFNO. The van der Waals surface area contributed by atoms with E-state index in [2.05, 4.69) is 4.98 Å². The van der Waals surface area contributed by atoms with Crippen molar-refractivity contribution in [2.45, 2.75) is 12.5 Å². The molecule has 1 unspecified atom stereocenters. The van der Waals surface area contributed by atoms with Crippen molar-refractivity contribution in [1.29, 1.82) is 0 Å². The second kappa shape index (κ2) is 5.25. The number of rotatable bonds is 3. The highest BCUT2D eigenvalue weighted by atomic mass is 35.5. The first-order chi connectivity index (χ1) is 8.16. The second-order valence-corrected chi connectivity index (χ2v) is 4.18. The molecule has 1 aromatic heterocycles. The third-order valence-corrected chi connectivity index (χ3v) is 2.73. The first-order valence-corrected chi connectivity index (χ1v) is 5.56. The fraction of sp³-hybridized carbons (Fsp3) is 0.154. The number of aliphatic hydroxyl groups is 1. The first kappa shape index (κ1) is 12.0. The molecule has 2 aromatic rings. The zero-order valence-corrected chi connectivity index (χ0v) is 9.73. The maximum atomic E-state index is 13.5. The molecule has 17 heavy (non-hydrogen) atoms. The molecule has 0 radical (unpaired) electrons. The second-order valence-electron chi connectivity index (χ2n) is 3.74. The van der Waals surface area contributed by atoms with Crippen LogP contribution in [-0.4, -0.2) is 10.1 Å². The Bertz CT molecular complexity index is 504. The van der Waals surface area contributed by atoms with E-state index in [1.165, 1.54) is 18.2 Å². The minimum atomic E-state index is -0.906. The lowest BCUT2D eigenvalue weighted by atomic mass is 10.0. The van der Waals surface area contributed by atoms with E-state index in [1.807, 2.05) is 0 Å². The van der Waals surface area contributed by atoms with Crippen molar-refractivity contribution >= 4 is 11.6 Å². The SMILES string of the molecule is OC(Cc1ccncc1)c1cc(Cl)ccc1F. The Balaban J connectivity index is 2.20. The molecule has 0 aliphatic rings. The van der Waals surface area contributed by atoms with Crippen LogP contribution in [0, 0.1) is 5.82 Å². The number of halogens is 2. The zero-order valence-electron chi connectivity index (χ0n) is 8.98. The largest absolute Gasteiger partial charge is 0.388 e. The summed E-state index contributed by atoms with van der Waals surface area (Å²) < 4.78 is 13.5. The molecule has 88 valence electrons. The summed E-state index contributed by atoms with van der Waals surface area (Å²) in [6.45, 7) is 0. The van der Waals surface area contributed by atoms with Gasteiger partial charge in [-0.3, -0.25) is 4.98 Å². The van der Waals surface area contributed by atoms with Crippen LogP contribution in [0.3, 0.4) is 0 Å². The van der Waals surface area contributed by atoms with E-state index in [9.17, 15) is 9.50 Å². The number of hydrogen-bond donors (Lipinski definition) is 1. The number of nitrogens with zero attached hydrogens (tertiary/aromatic N) is 1. The van der Waals surface area contributed by atoms with Gasteiger partial charge in [0.2, 0.25) is 0 Å². The summed E-state index contributed by atoms with van der Waals surface area (Å²) in [7, 11) is 0. The Morgan fingerprint density at radius 3 is 2.65 bits per heavy atom. The van der Waals surface area contributed by atoms with Crippen molar-refractivity contribution in [3.63, 3.8) is 0 Å². The van der Waals surface area contributed by atoms with E-state index >= 15 is 0 Å². The lowest BCUT2D eigenvalue weighted by Crippen LogP contribution is -2.04. The van der Waals surface area contributed by atoms with Crippen molar-refractivity contribution in [3.05, 3.63) is 64.7 Å². The van der Waals surface area contributed by atoms with Gasteiger partial charge in [-0.05, 0) is 35.9 Å². The summed E-state index contributed by atoms with van der Waals surface area (Å²) in [5.41, 5.74) is 1.11. The van der Waals surface area contributed by atoms with Gasteiger partial charge in [0.05, 0.1) is 6.10 Å². The van der Waals surface area contributed by atoms with E-state index in [0.29, 0.717) is 11.4 Å². The van der Waals surface area contributed by atoms with Gasteiger partial charge in [-0.1, -0.05) is 11.6 Å². The molecule has 0 bridgehead atoms. The van der Waals surface area contributed by atoms with Gasteiger partial charge in [-0.15, -0.1) is 0 Å². The maximum Gasteiger partial charge on any atom is 0.129 e. The van der Waals surface area contributed by atoms with Crippen molar-refractivity contribution in [3.8, 4) is 0 Å². The summed E-state index contributed by atoms with van der Waals surface area (Å²) in [6.07, 6.45) is 2.70. The number of aromatic nitrogens is 1. The highest BCUT2D eigenvalue weighted by molar-refractivity contribution is 6.30. The van der Waals surface area contributed by atoms with E-state index < -0.39 is 11.9 Å². The number of pyridine rings is 1. The molecule has 2 rings (SSSR count). The van der Waals surface area contributed by atoms with Gasteiger partial charge in [0.15, 0.2) is 0 Å². The highest BCUT2D eigenvalue weighted by Crippen LogP contribution is 2.24. The van der Waals surface area contributed by atoms with Crippen LogP contribution in [0.2, 0.25) is 5.02 Å². The lowest BCUT2D eigenvalue weighted by molar-refractivity contribution is 0.173. The molecule has 2 nitrogen and oxygen atoms in total. The number of hydrogen-bond acceptors (Lipinski definition) is 2. The molecule has 0 spiro atoms. The van der Waals surface area contributed by atoms with Crippen molar-refractivity contribution < 1.29 is 9.50 Å². The molecule has 0 fully saturated rings. The summed E-state index contributed by atoms with van der Waals surface area (Å²) in [5, 5.41) is 10.4. The Kier molecular flexibility index (Phi) is 3.71. The maximum absolute atomic E-state index is 13.5. The topological polar surface area (TPSA) is 33.1 Å². The molecule has 1 N–H and O–H groups in total. The van der Waals surface area contributed by atoms with Gasteiger partial charge < -0.3 is 5.11 Å². The van der Waals surface area contributed by atoms with Crippen molar-refractivity contribution in [2.24, 2.45) is 0 Å². The van der Waals surface area contributed by atoms with Crippen molar-refractivity contribution in [2.75, 3.05) is 0 Å². The van der Waals surface area contributed by atoms with E-state index in [-0.39, 0.29) is 5.56 Å². The van der Waals surface area contributed by atoms with Crippen LogP contribution in [0.5, 0.6) is 0 Å². The van der Waals surface area contributed by atoms with Crippen LogP contribution in [0.15, 0.2) is 42.7 Å². The van der Waals surface area contributed by atoms with Crippen LogP contribution in [-0.2, 0) is 6.42 Å². The van der Waals surface area contributed by atoms with Gasteiger partial charge in [0.25, 0.3) is 0 Å². The fourth-order valence-electron chi connectivity index (χ4n) is 1.62. The summed E-state index contributed by atoms with van der Waals surface area (Å²) in [6, 6.07) is 7.73. The van der Waals surface area contributed by atoms with Crippen LogP contribution in [0.4, 0.5) is 4.39 Å². The molecular weight excluding hydrogens is 241 g/mol. The molecule has 1 atom stereocenters. The summed E-state index contributed by atoms with van der Waals surface area (Å²) in [5.74, 6) is -0.448. The quantitative estimate of drug-likeness (QED) is 0.909. The first-order valence-electron chi connectivity index (χ1n) is 5.19. The van der Waals surface area contributed by atoms with Gasteiger partial charge in [0.1, 0.15) is 5.82 Å². The number of aliphatic hydroxyl groups excluding tert-OH is 1. The highest BCUT2D eigenvalue weighted by Gasteiger charge is 2.13. The summed E-state index contributed by atoms with van der Waals surface area (Å²) in [4.78, 5) is 3.88. The van der Waals surface area contributed by atoms with E-state index in [1.54, 1.807) is 24.5 Å². The molecule has 0 amide bonds. The average molecular weight is 252 g/mol. The minimum Gasteiger partial charge on any atom is -0.388 e. The molecule has 0 saturated heterocycles. The average Bonchev–Trinajstić information content (AvgIpc) is 2.33. The number of benzene rings is 1. The Morgan fingerprint density at radius 2 is 1.94 bits per heavy atom. The van der Waals surface area contributed by atoms with Crippen LogP contribution in [0.25, 0.3) is 0 Å². The van der Waals surface area contributed by atoms with Crippen LogP contribution in [0.1, 0.15) is 17.2 Å². The van der Waals surface area contributed by atoms with E-state index in [4.69, 9.17) is 11.6 Å². The third-order valence-electron chi connectivity index (χ3n) is 2.50. The Morgan fingerprint density at radius 1 is 1.24 bits per heavy atom. The minimum absolute atomic E-state index is 0.217. The standard InChI is InChI=1S/C13H11ClFNO/c14-10-1-2-12(15)11(8-10)13(17)7-9-3-5-16-6-4-9/h1-6,8,13,17H,7H2. The van der Waals surface area contributed by atoms with Gasteiger partial charge in [-0.25, -0.2) is 4.39 Å². The van der Waals surface area contributed by atoms with Gasteiger partial charge >= 0.3 is 0 Å². The lowest BCUT2D eigenvalue weighted by Gasteiger charge is -2.12. The monoisotopic (exact) mass is 251 g/mol.